The first kappa shape index (κ1) is 33.9. The highest BCUT2D eigenvalue weighted by molar-refractivity contribution is 5.93. The Morgan fingerprint density at radius 2 is 1.75 bits per heavy atom. The number of hydrogen-bond acceptors (Lipinski definition) is 10. The van der Waals surface area contributed by atoms with E-state index in [0.29, 0.717) is 0 Å². The van der Waals surface area contributed by atoms with E-state index in [1.54, 1.807) is 0 Å². The summed E-state index contributed by atoms with van der Waals surface area (Å²) in [5.74, 6) is -8.23. The van der Waals surface area contributed by atoms with Crippen LogP contribution in [0.25, 0.3) is 5.78 Å². The minimum atomic E-state index is -5.07. The minimum Gasteiger partial charge on any atom is -0.380 e. The van der Waals surface area contributed by atoms with E-state index in [2.05, 4.69) is 35.3 Å². The molecule has 3 aromatic heterocycles. The first-order valence-electron chi connectivity index (χ1n) is 15.2. The third-order valence-corrected chi connectivity index (χ3v) is 9.31. The maximum atomic E-state index is 14.0. The molecule has 48 heavy (non-hydrogen) atoms. The second-order valence-electron chi connectivity index (χ2n) is 12.7. The zero-order valence-corrected chi connectivity index (χ0v) is 25.4. The van der Waals surface area contributed by atoms with Gasteiger partial charge in [0.05, 0.1) is 35.9 Å². The van der Waals surface area contributed by atoms with Crippen molar-refractivity contribution in [1.29, 1.82) is 0 Å². The van der Waals surface area contributed by atoms with E-state index >= 15 is 0 Å². The molecule has 0 unspecified atom stereocenters. The van der Waals surface area contributed by atoms with Crippen LogP contribution in [0.2, 0.25) is 0 Å². The number of aliphatic hydroxyl groups is 1. The number of aryl methyl sites for hydroxylation is 1. The third kappa shape index (κ3) is 6.68. The summed E-state index contributed by atoms with van der Waals surface area (Å²) in [4.78, 5) is 36.3. The minimum absolute atomic E-state index is 0.0261. The van der Waals surface area contributed by atoms with Crippen molar-refractivity contribution in [3.8, 4) is 0 Å². The third-order valence-electron chi connectivity index (χ3n) is 9.31. The Labute approximate surface area is 267 Å². The Morgan fingerprint density at radius 3 is 2.38 bits per heavy atom. The SMILES string of the molecule is Cc1nonc1C(=O)N[C@H](c1cn2ncc([C@H]3C[C@](O)(C(F)(F)F)CCN3C(=O)[C@@H]3CCC(F)(F)CO3)nc2n1)C1CCC(F)(F)CC1. The summed E-state index contributed by atoms with van der Waals surface area (Å²) in [7, 11) is 0. The number of amides is 2. The van der Waals surface area contributed by atoms with E-state index in [1.807, 2.05) is 0 Å². The molecule has 2 N–H and O–H groups in total. The molecule has 3 aromatic rings. The Hall–Kier alpha value is -3.94. The highest BCUT2D eigenvalue weighted by Crippen LogP contribution is 2.46. The Morgan fingerprint density at radius 1 is 1.04 bits per heavy atom. The van der Waals surface area contributed by atoms with Gasteiger partial charge in [0, 0.05) is 38.6 Å². The van der Waals surface area contributed by atoms with Gasteiger partial charge in [-0.15, -0.1) is 0 Å². The standard InChI is InChI=1S/C28H31F7N8O5/c1-14-20(41-48-40-14)22(44)39-21(15-2-5-26(29,30)6-3-15)17-12-43-24(38-17)37-16(11-36-43)18-10-25(46,28(33,34)35)8-9-42(18)23(45)19-4-7-27(31,32)13-47-19/h11-12,15,18-19,21,46H,2-10,13H2,1H3,(H,39,44)/t18-,19+,21+,25+/m1/s1. The van der Waals surface area contributed by atoms with Crippen molar-refractivity contribution in [3.05, 3.63) is 35.2 Å². The fraction of sp³-hybridized carbons (Fsp3) is 0.679. The second-order valence-corrected chi connectivity index (χ2v) is 12.7. The number of alkyl halides is 7. The smallest absolute Gasteiger partial charge is 0.380 e. The monoisotopic (exact) mass is 692 g/mol. The van der Waals surface area contributed by atoms with E-state index in [-0.39, 0.29) is 47.8 Å². The van der Waals surface area contributed by atoms with Gasteiger partial charge in [-0.2, -0.15) is 18.3 Å². The summed E-state index contributed by atoms with van der Waals surface area (Å²) in [6.45, 7) is -0.129. The van der Waals surface area contributed by atoms with Gasteiger partial charge in [0.1, 0.15) is 18.4 Å². The lowest BCUT2D eigenvalue weighted by molar-refractivity contribution is -0.278. The lowest BCUT2D eigenvalue weighted by atomic mass is 9.81. The van der Waals surface area contributed by atoms with E-state index < -0.39 is 105 Å². The van der Waals surface area contributed by atoms with Crippen molar-refractivity contribution in [1.82, 2.24) is 40.1 Å². The zero-order chi connectivity index (χ0) is 34.6. The number of aromatic nitrogens is 6. The average molecular weight is 693 g/mol. The topological polar surface area (TPSA) is 161 Å². The lowest BCUT2D eigenvalue weighted by Crippen LogP contribution is -2.57. The predicted molar refractivity (Wildman–Crippen MR) is 146 cm³/mol. The Kier molecular flexibility index (Phi) is 8.62. The molecule has 5 heterocycles. The molecule has 20 heteroatoms. The van der Waals surface area contributed by atoms with Crippen LogP contribution in [0.4, 0.5) is 30.7 Å². The van der Waals surface area contributed by atoms with Crippen LogP contribution in [-0.2, 0) is 9.53 Å². The van der Waals surface area contributed by atoms with Crippen LogP contribution in [0.15, 0.2) is 17.0 Å². The van der Waals surface area contributed by atoms with Crippen molar-refractivity contribution in [2.75, 3.05) is 13.2 Å². The molecule has 2 aliphatic heterocycles. The maximum absolute atomic E-state index is 14.0. The van der Waals surface area contributed by atoms with Crippen molar-refractivity contribution in [2.24, 2.45) is 5.92 Å². The molecule has 3 fully saturated rings. The van der Waals surface area contributed by atoms with Crippen LogP contribution in [0.5, 0.6) is 0 Å². The number of hydrogen-bond donors (Lipinski definition) is 2. The molecule has 0 spiro atoms. The Bertz CT molecular complexity index is 1660. The highest BCUT2D eigenvalue weighted by Gasteiger charge is 2.58. The molecular weight excluding hydrogens is 661 g/mol. The molecule has 0 bridgehead atoms. The molecule has 13 nitrogen and oxygen atoms in total. The normalized spacial score (nSPS) is 27.1. The number of halogens is 7. The highest BCUT2D eigenvalue weighted by atomic mass is 19.4. The summed E-state index contributed by atoms with van der Waals surface area (Å²) in [5, 5.41) is 24.7. The summed E-state index contributed by atoms with van der Waals surface area (Å²) in [6.07, 6.45) is -7.66. The number of imidazole rings is 1. The summed E-state index contributed by atoms with van der Waals surface area (Å²) >= 11 is 0. The fourth-order valence-corrected chi connectivity index (χ4v) is 6.47. The van der Waals surface area contributed by atoms with Gasteiger partial charge in [0.25, 0.3) is 23.5 Å². The van der Waals surface area contributed by atoms with E-state index in [9.17, 15) is 45.4 Å². The summed E-state index contributed by atoms with van der Waals surface area (Å²) in [6, 6.07) is -2.44. The van der Waals surface area contributed by atoms with Crippen LogP contribution in [0, 0.1) is 12.8 Å². The van der Waals surface area contributed by atoms with E-state index in [1.165, 1.54) is 13.1 Å². The molecule has 262 valence electrons. The van der Waals surface area contributed by atoms with Crippen LogP contribution in [0.1, 0.15) is 91.0 Å². The molecule has 6 rings (SSSR count). The Balaban J connectivity index is 1.32. The molecular formula is C28H31F7N8O5. The molecule has 0 aromatic carbocycles. The van der Waals surface area contributed by atoms with Crippen LogP contribution >= 0.6 is 0 Å². The molecule has 1 saturated carbocycles. The number of piperidine rings is 1. The molecule has 4 atom stereocenters. The molecule has 1 aliphatic carbocycles. The lowest BCUT2D eigenvalue weighted by Gasteiger charge is -2.45. The van der Waals surface area contributed by atoms with Gasteiger partial charge < -0.3 is 20.1 Å². The number of likely N-dealkylation sites (tertiary alicyclic amines) is 1. The molecule has 0 radical (unpaired) electrons. The van der Waals surface area contributed by atoms with Crippen LogP contribution in [-0.4, -0.2) is 94.6 Å². The van der Waals surface area contributed by atoms with Gasteiger partial charge in [-0.1, -0.05) is 5.16 Å². The van der Waals surface area contributed by atoms with Crippen LogP contribution in [0.3, 0.4) is 0 Å². The number of carbonyl (C=O) groups is 2. The van der Waals surface area contributed by atoms with Gasteiger partial charge in [0.15, 0.2) is 11.3 Å². The van der Waals surface area contributed by atoms with Gasteiger partial charge in [0.2, 0.25) is 5.92 Å². The van der Waals surface area contributed by atoms with Gasteiger partial charge in [-0.3, -0.25) is 9.59 Å². The predicted octanol–water partition coefficient (Wildman–Crippen LogP) is 3.88. The van der Waals surface area contributed by atoms with Gasteiger partial charge in [-0.25, -0.2) is 36.7 Å². The quantitative estimate of drug-likeness (QED) is 0.363. The van der Waals surface area contributed by atoms with Gasteiger partial charge >= 0.3 is 6.18 Å². The van der Waals surface area contributed by atoms with E-state index in [4.69, 9.17) is 4.74 Å². The van der Waals surface area contributed by atoms with Crippen molar-refractivity contribution < 1.29 is 54.8 Å². The van der Waals surface area contributed by atoms with Gasteiger partial charge in [-0.05, 0) is 37.3 Å². The van der Waals surface area contributed by atoms with Crippen LogP contribution < -0.4 is 5.32 Å². The first-order chi connectivity index (χ1) is 22.5. The number of ether oxygens (including phenoxy) is 1. The zero-order valence-electron chi connectivity index (χ0n) is 25.4. The number of rotatable bonds is 6. The average Bonchev–Trinajstić information content (AvgIpc) is 3.65. The summed E-state index contributed by atoms with van der Waals surface area (Å²) < 4.78 is 108. The molecule has 2 amide bonds. The number of nitrogens with one attached hydrogen (secondary N) is 1. The van der Waals surface area contributed by atoms with Crippen molar-refractivity contribution in [2.45, 2.75) is 100 Å². The largest absolute Gasteiger partial charge is 0.417 e. The molecule has 2 saturated heterocycles. The number of nitrogens with zero attached hydrogens (tertiary/aromatic N) is 7. The van der Waals surface area contributed by atoms with Crippen molar-refractivity contribution in [3.63, 3.8) is 0 Å². The van der Waals surface area contributed by atoms with E-state index in [0.717, 1.165) is 15.6 Å². The number of fused-ring (bicyclic) bond motifs is 1. The van der Waals surface area contributed by atoms with Crippen molar-refractivity contribution >= 4 is 17.6 Å². The number of carbonyl (C=O) groups excluding carboxylic acids is 2. The first-order valence-corrected chi connectivity index (χ1v) is 15.2. The maximum Gasteiger partial charge on any atom is 0.417 e. The second kappa shape index (κ2) is 12.2. The fourth-order valence-electron chi connectivity index (χ4n) is 6.47. The molecule has 3 aliphatic rings. The summed E-state index contributed by atoms with van der Waals surface area (Å²) in [5.41, 5.74) is -3.17.